The molecule has 3 aromatic carbocycles. The van der Waals surface area contributed by atoms with Crippen molar-refractivity contribution in [3.05, 3.63) is 90.4 Å². The maximum absolute atomic E-state index is 13.6. The lowest BCUT2D eigenvalue weighted by molar-refractivity contribution is 0.0526. The zero-order valence-corrected chi connectivity index (χ0v) is 15.4. The van der Waals surface area contributed by atoms with E-state index in [-0.39, 0.29) is 11.8 Å². The van der Waals surface area contributed by atoms with E-state index in [9.17, 15) is 9.18 Å². The Labute approximate surface area is 162 Å². The van der Waals surface area contributed by atoms with E-state index >= 15 is 0 Å². The summed E-state index contributed by atoms with van der Waals surface area (Å²) in [5.74, 6) is -0.609. The van der Waals surface area contributed by atoms with E-state index in [0.717, 1.165) is 33.2 Å². The van der Waals surface area contributed by atoms with E-state index in [1.165, 1.54) is 12.1 Å². The Morgan fingerprint density at radius 2 is 1.71 bits per heavy atom. The van der Waals surface area contributed by atoms with Crippen molar-refractivity contribution in [2.75, 3.05) is 6.61 Å². The number of fused-ring (bicyclic) bond motifs is 1. The minimum absolute atomic E-state index is 0.277. The fraction of sp³-hybridized carbons (Fsp3) is 0.0833. The van der Waals surface area contributed by atoms with Gasteiger partial charge in [0.2, 0.25) is 0 Å². The second-order valence-electron chi connectivity index (χ2n) is 6.40. The average Bonchev–Trinajstić information content (AvgIpc) is 2.73. The van der Waals surface area contributed by atoms with Crippen LogP contribution in [0.25, 0.3) is 33.2 Å². The molecule has 0 aliphatic carbocycles. The molecule has 0 saturated heterocycles. The van der Waals surface area contributed by atoms with Crippen LogP contribution in [0, 0.1) is 5.82 Å². The average molecular weight is 371 g/mol. The third-order valence-corrected chi connectivity index (χ3v) is 4.59. The molecule has 4 heteroatoms. The van der Waals surface area contributed by atoms with E-state index in [2.05, 4.69) is 4.98 Å². The first-order valence-corrected chi connectivity index (χ1v) is 9.08. The third kappa shape index (κ3) is 3.49. The van der Waals surface area contributed by atoms with E-state index in [1.54, 1.807) is 31.3 Å². The minimum atomic E-state index is -0.331. The van der Waals surface area contributed by atoms with Gasteiger partial charge < -0.3 is 4.74 Å². The molecular formula is C24H18FNO2. The van der Waals surface area contributed by atoms with Gasteiger partial charge in [-0.05, 0) is 60.0 Å². The van der Waals surface area contributed by atoms with Crippen LogP contribution in [0.5, 0.6) is 0 Å². The van der Waals surface area contributed by atoms with Crippen LogP contribution in [0.3, 0.4) is 0 Å². The van der Waals surface area contributed by atoms with Gasteiger partial charge in [-0.3, -0.25) is 4.98 Å². The van der Waals surface area contributed by atoms with Crippen molar-refractivity contribution in [3.63, 3.8) is 0 Å². The molecule has 1 aromatic heterocycles. The van der Waals surface area contributed by atoms with Crippen molar-refractivity contribution >= 4 is 16.9 Å². The molecule has 0 fully saturated rings. The summed E-state index contributed by atoms with van der Waals surface area (Å²) in [5.41, 5.74) is 4.97. The van der Waals surface area contributed by atoms with E-state index in [4.69, 9.17) is 4.74 Å². The Morgan fingerprint density at radius 3 is 2.46 bits per heavy atom. The summed E-state index contributed by atoms with van der Waals surface area (Å²) < 4.78 is 18.6. The summed E-state index contributed by atoms with van der Waals surface area (Å²) in [6.07, 6.45) is 1.75. The maximum atomic E-state index is 13.6. The van der Waals surface area contributed by atoms with Crippen molar-refractivity contribution < 1.29 is 13.9 Å². The summed E-state index contributed by atoms with van der Waals surface area (Å²) in [6.45, 7) is 2.13. The highest BCUT2D eigenvalue weighted by atomic mass is 19.1. The van der Waals surface area contributed by atoms with E-state index in [1.807, 2.05) is 42.5 Å². The first kappa shape index (κ1) is 17.9. The van der Waals surface area contributed by atoms with Crippen LogP contribution < -0.4 is 0 Å². The van der Waals surface area contributed by atoms with Gasteiger partial charge in [-0.15, -0.1) is 0 Å². The van der Waals surface area contributed by atoms with Crippen LogP contribution in [0.4, 0.5) is 4.39 Å². The predicted octanol–water partition coefficient (Wildman–Crippen LogP) is 5.88. The fourth-order valence-corrected chi connectivity index (χ4v) is 3.23. The summed E-state index contributed by atoms with van der Waals surface area (Å²) in [5, 5.41) is 0.966. The topological polar surface area (TPSA) is 39.2 Å². The first-order valence-electron chi connectivity index (χ1n) is 9.08. The van der Waals surface area contributed by atoms with Crippen LogP contribution in [0.15, 0.2) is 79.0 Å². The van der Waals surface area contributed by atoms with Crippen LogP contribution >= 0.6 is 0 Å². The number of pyridine rings is 1. The van der Waals surface area contributed by atoms with Crippen molar-refractivity contribution in [2.24, 2.45) is 0 Å². The lowest BCUT2D eigenvalue weighted by Gasteiger charge is -2.10. The molecule has 0 aliphatic rings. The van der Waals surface area contributed by atoms with Crippen LogP contribution in [0.1, 0.15) is 17.3 Å². The summed E-state index contributed by atoms with van der Waals surface area (Å²) in [4.78, 5) is 16.4. The van der Waals surface area contributed by atoms with Gasteiger partial charge in [0.05, 0.1) is 17.7 Å². The molecule has 0 saturated carbocycles. The van der Waals surface area contributed by atoms with Gasteiger partial charge in [0, 0.05) is 17.1 Å². The van der Waals surface area contributed by atoms with Gasteiger partial charge in [-0.25, -0.2) is 9.18 Å². The molecule has 0 atom stereocenters. The smallest absolute Gasteiger partial charge is 0.338 e. The molecule has 0 radical (unpaired) electrons. The Bertz CT molecular complexity index is 1150. The van der Waals surface area contributed by atoms with Crippen molar-refractivity contribution in [1.82, 2.24) is 4.98 Å². The number of nitrogens with zero attached hydrogens (tertiary/aromatic N) is 1. The zero-order valence-electron chi connectivity index (χ0n) is 15.4. The number of esters is 1. The Morgan fingerprint density at radius 1 is 0.929 bits per heavy atom. The molecule has 28 heavy (non-hydrogen) atoms. The van der Waals surface area contributed by atoms with Crippen LogP contribution in [0.2, 0.25) is 0 Å². The van der Waals surface area contributed by atoms with Crippen molar-refractivity contribution in [1.29, 1.82) is 0 Å². The molecule has 3 nitrogen and oxygen atoms in total. The molecule has 4 aromatic rings. The SMILES string of the molecule is CCOC(=O)c1ccc(-c2cccc3ncc(-c4cccc(F)c4)cc23)cc1. The molecule has 0 amide bonds. The maximum Gasteiger partial charge on any atom is 0.338 e. The third-order valence-electron chi connectivity index (χ3n) is 4.59. The zero-order chi connectivity index (χ0) is 19.5. The number of benzene rings is 3. The Kier molecular flexibility index (Phi) is 4.85. The number of halogens is 1. The number of carbonyl (C=O) groups is 1. The number of ether oxygens (including phenoxy) is 1. The normalized spacial score (nSPS) is 10.8. The summed E-state index contributed by atoms with van der Waals surface area (Å²) in [6, 6.07) is 21.7. The molecular weight excluding hydrogens is 353 g/mol. The molecule has 0 unspecified atom stereocenters. The Hall–Kier alpha value is -3.53. The largest absolute Gasteiger partial charge is 0.462 e. The quantitative estimate of drug-likeness (QED) is 0.420. The fourth-order valence-electron chi connectivity index (χ4n) is 3.23. The second-order valence-corrected chi connectivity index (χ2v) is 6.40. The van der Waals surface area contributed by atoms with Gasteiger partial charge in [-0.2, -0.15) is 0 Å². The Balaban J connectivity index is 1.79. The predicted molar refractivity (Wildman–Crippen MR) is 109 cm³/mol. The summed E-state index contributed by atoms with van der Waals surface area (Å²) in [7, 11) is 0. The molecule has 0 aliphatic heterocycles. The molecule has 1 heterocycles. The number of carbonyl (C=O) groups excluding carboxylic acids is 1. The molecule has 138 valence electrons. The first-order chi connectivity index (χ1) is 13.7. The monoisotopic (exact) mass is 371 g/mol. The summed E-state index contributed by atoms with van der Waals surface area (Å²) >= 11 is 0. The molecule has 4 rings (SSSR count). The lowest BCUT2D eigenvalue weighted by atomic mass is 9.97. The van der Waals surface area contributed by atoms with E-state index in [0.29, 0.717) is 12.2 Å². The van der Waals surface area contributed by atoms with Crippen molar-refractivity contribution in [2.45, 2.75) is 6.92 Å². The van der Waals surface area contributed by atoms with Crippen LogP contribution in [-0.2, 0) is 4.74 Å². The number of aromatic nitrogens is 1. The number of hydrogen-bond acceptors (Lipinski definition) is 3. The lowest BCUT2D eigenvalue weighted by Crippen LogP contribution is -2.04. The molecule has 0 bridgehead atoms. The highest BCUT2D eigenvalue weighted by Crippen LogP contribution is 2.31. The van der Waals surface area contributed by atoms with Gasteiger partial charge in [-0.1, -0.05) is 36.4 Å². The van der Waals surface area contributed by atoms with E-state index < -0.39 is 0 Å². The minimum Gasteiger partial charge on any atom is -0.462 e. The standard InChI is InChI=1S/C24H18FNO2/c1-2-28-24(27)17-11-9-16(10-12-17)21-7-4-8-23-22(21)14-19(15-26-23)18-5-3-6-20(25)13-18/h3-15H,2H2,1H3. The molecule has 0 spiro atoms. The van der Waals surface area contributed by atoms with Crippen molar-refractivity contribution in [3.8, 4) is 22.3 Å². The van der Waals surface area contributed by atoms with Crippen LogP contribution in [-0.4, -0.2) is 17.6 Å². The number of hydrogen-bond donors (Lipinski definition) is 0. The second kappa shape index (κ2) is 7.61. The van der Waals surface area contributed by atoms with Gasteiger partial charge in [0.15, 0.2) is 0 Å². The van der Waals surface area contributed by atoms with Gasteiger partial charge >= 0.3 is 5.97 Å². The van der Waals surface area contributed by atoms with Gasteiger partial charge in [0.25, 0.3) is 0 Å². The molecule has 0 N–H and O–H groups in total. The van der Waals surface area contributed by atoms with Gasteiger partial charge in [0.1, 0.15) is 5.82 Å². The highest BCUT2D eigenvalue weighted by Gasteiger charge is 2.10. The highest BCUT2D eigenvalue weighted by molar-refractivity contribution is 5.97. The number of rotatable bonds is 4.